The molecule has 0 spiro atoms. The lowest BCUT2D eigenvalue weighted by Gasteiger charge is -2.25. The number of hydrogen-bond acceptors (Lipinski definition) is 2. The van der Waals surface area contributed by atoms with Gasteiger partial charge in [0.2, 0.25) is 0 Å². The summed E-state index contributed by atoms with van der Waals surface area (Å²) in [6.45, 7) is 7.17. The molecule has 0 aromatic heterocycles. The molecule has 2 nitrogen and oxygen atoms in total. The summed E-state index contributed by atoms with van der Waals surface area (Å²) in [6, 6.07) is 0. The van der Waals surface area contributed by atoms with E-state index in [2.05, 4.69) is 0 Å². The quantitative estimate of drug-likeness (QED) is 0.634. The van der Waals surface area contributed by atoms with Crippen molar-refractivity contribution in [2.45, 2.75) is 47.0 Å². The average Bonchev–Trinajstić information content (AvgIpc) is 1.83. The van der Waals surface area contributed by atoms with E-state index in [1.807, 2.05) is 13.8 Å². The second-order valence-electron chi connectivity index (χ2n) is 3.92. The third-order valence-corrected chi connectivity index (χ3v) is 2.20. The van der Waals surface area contributed by atoms with E-state index >= 15 is 0 Å². The van der Waals surface area contributed by atoms with E-state index in [4.69, 9.17) is 0 Å². The van der Waals surface area contributed by atoms with Gasteiger partial charge in [0.1, 0.15) is 11.6 Å². The smallest absolute Gasteiger partial charge is 0.130 e. The van der Waals surface area contributed by atoms with Crippen LogP contribution in [-0.2, 0) is 9.59 Å². The molecular formula is C10H18O2. The monoisotopic (exact) mass is 170 g/mol. The van der Waals surface area contributed by atoms with Gasteiger partial charge in [0.15, 0.2) is 0 Å². The number of ketones is 2. The van der Waals surface area contributed by atoms with Crippen molar-refractivity contribution in [2.24, 2.45) is 5.41 Å². The lowest BCUT2D eigenvalue weighted by molar-refractivity contribution is -0.122. The molecule has 0 bridgehead atoms. The molecule has 70 valence electrons. The maximum absolute atomic E-state index is 10.9. The fourth-order valence-electron chi connectivity index (χ4n) is 1.51. The fraction of sp³-hybridized carbons (Fsp3) is 0.800. The van der Waals surface area contributed by atoms with Crippen LogP contribution >= 0.6 is 0 Å². The van der Waals surface area contributed by atoms with E-state index in [-0.39, 0.29) is 17.0 Å². The van der Waals surface area contributed by atoms with Crippen LogP contribution in [0.2, 0.25) is 0 Å². The minimum Gasteiger partial charge on any atom is -0.300 e. The van der Waals surface area contributed by atoms with Crippen molar-refractivity contribution in [1.82, 2.24) is 0 Å². The molecule has 0 saturated heterocycles. The lowest BCUT2D eigenvalue weighted by Crippen LogP contribution is -2.21. The molecule has 0 aliphatic carbocycles. The topological polar surface area (TPSA) is 34.1 Å². The molecule has 0 aliphatic heterocycles. The fourth-order valence-corrected chi connectivity index (χ4v) is 1.51. The Kier molecular flexibility index (Phi) is 4.15. The van der Waals surface area contributed by atoms with Gasteiger partial charge in [-0.3, -0.25) is 0 Å². The van der Waals surface area contributed by atoms with Crippen LogP contribution in [-0.4, -0.2) is 11.6 Å². The van der Waals surface area contributed by atoms with Crippen molar-refractivity contribution in [1.29, 1.82) is 0 Å². The molecule has 0 fully saturated rings. The number of carbonyl (C=O) groups excluding carboxylic acids is 2. The van der Waals surface area contributed by atoms with Crippen LogP contribution in [0, 0.1) is 5.41 Å². The van der Waals surface area contributed by atoms with Crippen molar-refractivity contribution in [3.05, 3.63) is 0 Å². The Labute approximate surface area is 74.3 Å². The Bertz CT molecular complexity index is 166. The Morgan fingerprint density at radius 2 is 1.42 bits per heavy atom. The standard InChI is InChI=1S/C10H18O2/c1-5-10(4,6-8(2)11)7-9(3)12/h5-7H2,1-4H3. The van der Waals surface area contributed by atoms with Gasteiger partial charge in [-0.25, -0.2) is 0 Å². The number of hydrogen-bond donors (Lipinski definition) is 0. The average molecular weight is 170 g/mol. The van der Waals surface area contributed by atoms with Crippen molar-refractivity contribution in [2.75, 3.05) is 0 Å². The number of carbonyl (C=O) groups is 2. The molecule has 0 amide bonds. The van der Waals surface area contributed by atoms with Crippen molar-refractivity contribution < 1.29 is 9.59 Å². The highest BCUT2D eigenvalue weighted by Gasteiger charge is 2.25. The second kappa shape index (κ2) is 4.39. The van der Waals surface area contributed by atoms with Gasteiger partial charge in [0, 0.05) is 12.8 Å². The summed E-state index contributed by atoms with van der Waals surface area (Å²) >= 11 is 0. The molecule has 2 heteroatoms. The SMILES string of the molecule is CCC(C)(CC(C)=O)CC(C)=O. The summed E-state index contributed by atoms with van der Waals surface area (Å²) < 4.78 is 0. The van der Waals surface area contributed by atoms with Crippen LogP contribution in [0.5, 0.6) is 0 Å². The highest BCUT2D eigenvalue weighted by molar-refractivity contribution is 5.79. The van der Waals surface area contributed by atoms with Gasteiger partial charge in [0.05, 0.1) is 0 Å². The predicted octanol–water partition coefficient (Wildman–Crippen LogP) is 2.36. The predicted molar refractivity (Wildman–Crippen MR) is 49.0 cm³/mol. The number of Topliss-reactive ketones (excluding diaryl/α,β-unsaturated/α-hetero) is 2. The molecule has 0 N–H and O–H groups in total. The lowest BCUT2D eigenvalue weighted by atomic mass is 9.78. The van der Waals surface area contributed by atoms with E-state index in [1.165, 1.54) is 0 Å². The molecule has 0 heterocycles. The molecule has 0 saturated carbocycles. The summed E-state index contributed by atoms with van der Waals surface area (Å²) in [4.78, 5) is 21.8. The van der Waals surface area contributed by atoms with E-state index in [0.29, 0.717) is 12.8 Å². The van der Waals surface area contributed by atoms with Crippen LogP contribution in [0.25, 0.3) is 0 Å². The maximum Gasteiger partial charge on any atom is 0.130 e. The van der Waals surface area contributed by atoms with Crippen molar-refractivity contribution in [3.63, 3.8) is 0 Å². The van der Waals surface area contributed by atoms with Crippen LogP contribution in [0.1, 0.15) is 47.0 Å². The summed E-state index contributed by atoms with van der Waals surface area (Å²) in [5.41, 5.74) is -0.113. The molecular weight excluding hydrogens is 152 g/mol. The van der Waals surface area contributed by atoms with E-state index < -0.39 is 0 Å². The molecule has 0 atom stereocenters. The van der Waals surface area contributed by atoms with Crippen LogP contribution < -0.4 is 0 Å². The van der Waals surface area contributed by atoms with Crippen molar-refractivity contribution >= 4 is 11.6 Å². The van der Waals surface area contributed by atoms with E-state index in [1.54, 1.807) is 13.8 Å². The first-order valence-electron chi connectivity index (χ1n) is 4.38. The summed E-state index contributed by atoms with van der Waals surface area (Å²) in [5.74, 6) is 0.334. The van der Waals surface area contributed by atoms with Crippen LogP contribution in [0.4, 0.5) is 0 Å². The first kappa shape index (κ1) is 11.3. The zero-order valence-electron chi connectivity index (χ0n) is 8.44. The van der Waals surface area contributed by atoms with Gasteiger partial charge in [-0.1, -0.05) is 13.8 Å². The van der Waals surface area contributed by atoms with Crippen LogP contribution in [0.15, 0.2) is 0 Å². The summed E-state index contributed by atoms with van der Waals surface area (Å²) in [5, 5.41) is 0. The molecule has 0 aromatic carbocycles. The maximum atomic E-state index is 10.9. The molecule has 0 aromatic rings. The third-order valence-electron chi connectivity index (χ3n) is 2.20. The molecule has 0 radical (unpaired) electrons. The summed E-state index contributed by atoms with van der Waals surface area (Å²) in [6.07, 6.45) is 1.92. The van der Waals surface area contributed by atoms with Crippen LogP contribution in [0.3, 0.4) is 0 Å². The third kappa shape index (κ3) is 4.27. The normalized spacial score (nSPS) is 11.3. The highest BCUT2D eigenvalue weighted by Crippen LogP contribution is 2.30. The Hall–Kier alpha value is -0.660. The van der Waals surface area contributed by atoms with Gasteiger partial charge in [-0.05, 0) is 25.7 Å². The molecule has 0 unspecified atom stereocenters. The first-order valence-corrected chi connectivity index (χ1v) is 4.38. The second-order valence-corrected chi connectivity index (χ2v) is 3.92. The molecule has 0 rings (SSSR count). The highest BCUT2D eigenvalue weighted by atomic mass is 16.1. The van der Waals surface area contributed by atoms with Gasteiger partial charge in [-0.2, -0.15) is 0 Å². The molecule has 0 aliphatic rings. The molecule has 12 heavy (non-hydrogen) atoms. The Morgan fingerprint density at radius 3 is 1.58 bits per heavy atom. The van der Waals surface area contributed by atoms with Gasteiger partial charge >= 0.3 is 0 Å². The Balaban J connectivity index is 4.23. The van der Waals surface area contributed by atoms with E-state index in [0.717, 1.165) is 6.42 Å². The van der Waals surface area contributed by atoms with Gasteiger partial charge in [-0.15, -0.1) is 0 Å². The minimum absolute atomic E-state index is 0.113. The zero-order chi connectivity index (χ0) is 9.78. The van der Waals surface area contributed by atoms with E-state index in [9.17, 15) is 9.59 Å². The van der Waals surface area contributed by atoms with Crippen molar-refractivity contribution in [3.8, 4) is 0 Å². The Morgan fingerprint density at radius 1 is 1.08 bits per heavy atom. The van der Waals surface area contributed by atoms with Gasteiger partial charge < -0.3 is 9.59 Å². The number of rotatable bonds is 5. The zero-order valence-corrected chi connectivity index (χ0v) is 8.44. The summed E-state index contributed by atoms with van der Waals surface area (Å²) in [7, 11) is 0. The van der Waals surface area contributed by atoms with Gasteiger partial charge in [0.25, 0.3) is 0 Å². The first-order chi connectivity index (χ1) is 5.39. The minimum atomic E-state index is -0.113. The largest absolute Gasteiger partial charge is 0.300 e.